The number of fused-ring (bicyclic) bond motifs is 2. The monoisotopic (exact) mass is 1120 g/mol. The van der Waals surface area contributed by atoms with E-state index in [-0.39, 0.29) is 54.6 Å². The Morgan fingerprint density at radius 3 is 1.42 bits per heavy atom. The van der Waals surface area contributed by atoms with Gasteiger partial charge >= 0.3 is 24.1 Å². The number of hydrogen-bond donors (Lipinski definition) is 0. The Morgan fingerprint density at radius 1 is 0.582 bits per heavy atom. The van der Waals surface area contributed by atoms with Crippen molar-refractivity contribution in [3.63, 3.8) is 0 Å². The highest BCUT2D eigenvalue weighted by Gasteiger charge is 2.55. The minimum Gasteiger partial charge on any atom is -0.489 e. The second-order valence-corrected chi connectivity index (χ2v) is 26.0. The van der Waals surface area contributed by atoms with E-state index in [1.54, 1.807) is 65.8 Å². The van der Waals surface area contributed by atoms with E-state index in [1.165, 1.54) is 55.3 Å². The molecule has 8 rings (SSSR count). The highest BCUT2D eigenvalue weighted by atomic mass is 32.2. The highest BCUT2D eigenvalue weighted by Crippen LogP contribution is 2.40. The molecule has 0 bridgehead atoms. The fraction of sp³-hybridized carbons (Fsp3) is 0.414. The molecule has 0 saturated carbocycles. The number of likely N-dealkylation sites (N-methyl/N-ethyl adjacent to an activating group) is 1. The van der Waals surface area contributed by atoms with Crippen molar-refractivity contribution in [1.82, 2.24) is 24.1 Å². The van der Waals surface area contributed by atoms with E-state index in [2.05, 4.69) is 9.97 Å². The molecular formula is C58H69N5O14S2. The summed E-state index contributed by atoms with van der Waals surface area (Å²) in [6, 6.07) is 31.9. The number of carbonyl (C=O) groups is 4. The molecule has 0 spiro atoms. The molecular weight excluding hydrogens is 1050 g/mol. The molecule has 2 aliphatic heterocycles. The van der Waals surface area contributed by atoms with E-state index in [0.29, 0.717) is 24.7 Å². The van der Waals surface area contributed by atoms with Gasteiger partial charge in [-0.2, -0.15) is 4.31 Å². The van der Waals surface area contributed by atoms with Crippen molar-refractivity contribution in [2.75, 3.05) is 53.2 Å². The van der Waals surface area contributed by atoms with Gasteiger partial charge in [0.2, 0.25) is 10.0 Å². The second-order valence-electron chi connectivity index (χ2n) is 22.0. The van der Waals surface area contributed by atoms with Crippen molar-refractivity contribution < 1.29 is 64.4 Å². The van der Waals surface area contributed by atoms with E-state index < -0.39 is 66.1 Å². The Hall–Kier alpha value is -7.36. The first-order valence-corrected chi connectivity index (χ1v) is 28.6. The Morgan fingerprint density at radius 2 is 0.987 bits per heavy atom. The first-order valence-electron chi connectivity index (χ1n) is 25.5. The third kappa shape index (κ3) is 14.7. The van der Waals surface area contributed by atoms with Gasteiger partial charge in [0.15, 0.2) is 9.84 Å². The van der Waals surface area contributed by atoms with Crippen molar-refractivity contribution in [1.29, 1.82) is 0 Å². The SMILES string of the molecule is COC(=O)CC1(CS(=O)(=O)c2ccc(OCc3cc(C)nc4ccccc34)cc2)CN(C(=O)OC(C)(C)C)C1.COC(=O)CC1(N(C)S(=O)(=O)c2ccc(OCc3cc(C)nc4ccccc34)cc2)CN(C(=O)OC(C)(C)C)C1. The van der Waals surface area contributed by atoms with Crippen LogP contribution in [0.25, 0.3) is 21.8 Å². The van der Waals surface area contributed by atoms with Crippen LogP contribution in [0.2, 0.25) is 0 Å². The number of aromatic nitrogens is 2. The Bertz CT molecular complexity index is 3440. The van der Waals surface area contributed by atoms with Crippen LogP contribution in [-0.2, 0) is 61.6 Å². The van der Waals surface area contributed by atoms with Crippen LogP contribution in [0, 0.1) is 19.3 Å². The summed E-state index contributed by atoms with van der Waals surface area (Å²) in [4.78, 5) is 61.3. The van der Waals surface area contributed by atoms with Crippen molar-refractivity contribution in [3.8, 4) is 11.5 Å². The molecule has 19 nitrogen and oxygen atoms in total. The van der Waals surface area contributed by atoms with Crippen LogP contribution in [0.15, 0.2) is 119 Å². The molecule has 2 aromatic heterocycles. The first-order chi connectivity index (χ1) is 37.0. The first kappa shape index (κ1) is 59.3. The number of pyridine rings is 2. The molecule has 0 aliphatic carbocycles. The van der Waals surface area contributed by atoms with Gasteiger partial charge in [-0.25, -0.2) is 26.4 Å². The molecule has 6 aromatic rings. The van der Waals surface area contributed by atoms with Gasteiger partial charge in [-0.15, -0.1) is 0 Å². The Kier molecular flexibility index (Phi) is 17.7. The summed E-state index contributed by atoms with van der Waals surface area (Å²) >= 11 is 0. The summed E-state index contributed by atoms with van der Waals surface area (Å²) in [7, 11) is -3.91. The number of ether oxygens (including phenoxy) is 6. The molecule has 2 amide bonds. The average Bonchev–Trinajstić information content (AvgIpc) is 3.40. The van der Waals surface area contributed by atoms with E-state index >= 15 is 0 Å². The Labute approximate surface area is 462 Å². The van der Waals surface area contributed by atoms with Crippen LogP contribution in [0.5, 0.6) is 11.5 Å². The minimum atomic E-state index is -4.03. The number of likely N-dealkylation sites (tertiary alicyclic amines) is 2. The molecule has 422 valence electrons. The number of para-hydroxylation sites is 2. The predicted octanol–water partition coefficient (Wildman–Crippen LogP) is 8.99. The topological polar surface area (TPSA) is 227 Å². The smallest absolute Gasteiger partial charge is 0.410 e. The molecule has 2 saturated heterocycles. The zero-order chi connectivity index (χ0) is 57.7. The molecule has 4 heterocycles. The maximum atomic E-state index is 13.6. The summed E-state index contributed by atoms with van der Waals surface area (Å²) in [6.45, 7) is 15.1. The maximum absolute atomic E-state index is 13.6. The van der Waals surface area contributed by atoms with Gasteiger partial charge in [0.1, 0.15) is 35.9 Å². The summed E-state index contributed by atoms with van der Waals surface area (Å²) in [5, 5.41) is 1.99. The van der Waals surface area contributed by atoms with Gasteiger partial charge < -0.3 is 38.2 Å². The predicted molar refractivity (Wildman–Crippen MR) is 296 cm³/mol. The molecule has 4 aromatic carbocycles. The fourth-order valence-corrected chi connectivity index (χ4v) is 12.7. The third-order valence-electron chi connectivity index (χ3n) is 13.3. The standard InChI is InChI=1S/C29H35N3O7S.C29H34N2O7S/c1-20-15-21(24-9-7-8-10-25(24)30-20)17-38-22-11-13-23(14-12-22)40(35,36)31(5)29(16-26(33)37-6)18-32(19-29)27(34)39-28(2,3)4;1-20-14-21(24-8-6-7-9-25(24)30-20)16-37-22-10-12-23(13-11-22)39(34,35)19-29(15-26(32)36-5)17-31(18-29)27(33)38-28(2,3)4/h7-15H,16-19H2,1-6H3;6-14H,15-19H2,1-5H3. The van der Waals surface area contributed by atoms with E-state index in [4.69, 9.17) is 28.4 Å². The van der Waals surface area contributed by atoms with Crippen LogP contribution in [0.3, 0.4) is 0 Å². The number of aryl methyl sites for hydroxylation is 2. The number of methoxy groups -OCH3 is 2. The number of benzene rings is 4. The van der Waals surface area contributed by atoms with Gasteiger partial charge in [-0.1, -0.05) is 36.4 Å². The molecule has 0 N–H and O–H groups in total. The van der Waals surface area contributed by atoms with Gasteiger partial charge in [-0.05, 0) is 128 Å². The average molecular weight is 1120 g/mol. The lowest BCUT2D eigenvalue weighted by Gasteiger charge is -2.53. The van der Waals surface area contributed by atoms with Crippen molar-refractivity contribution in [3.05, 3.63) is 132 Å². The molecule has 2 fully saturated rings. The lowest BCUT2D eigenvalue weighted by molar-refractivity contribution is -0.147. The molecule has 0 atom stereocenters. The third-order valence-corrected chi connectivity index (χ3v) is 17.2. The molecule has 2 aliphatic rings. The normalized spacial score (nSPS) is 15.0. The van der Waals surface area contributed by atoms with Crippen LogP contribution >= 0.6 is 0 Å². The van der Waals surface area contributed by atoms with Crippen LogP contribution in [0.4, 0.5) is 9.59 Å². The van der Waals surface area contributed by atoms with Crippen molar-refractivity contribution in [2.45, 2.75) is 108 Å². The van der Waals surface area contributed by atoms with Gasteiger partial charge in [-0.3, -0.25) is 19.6 Å². The molecule has 0 unspecified atom stereocenters. The number of rotatable bonds is 16. The van der Waals surface area contributed by atoms with E-state index in [1.807, 2.05) is 74.5 Å². The van der Waals surface area contributed by atoms with E-state index in [0.717, 1.165) is 48.6 Å². The number of esters is 2. The van der Waals surface area contributed by atoms with Crippen LogP contribution in [-0.4, -0.2) is 135 Å². The number of sulfonamides is 1. The maximum Gasteiger partial charge on any atom is 0.410 e. The summed E-state index contributed by atoms with van der Waals surface area (Å²) in [5.74, 6) is -0.387. The van der Waals surface area contributed by atoms with Crippen LogP contribution < -0.4 is 9.47 Å². The largest absolute Gasteiger partial charge is 0.489 e. The van der Waals surface area contributed by atoms with Crippen molar-refractivity contribution in [2.24, 2.45) is 5.41 Å². The quantitative estimate of drug-likeness (QED) is 0.0650. The number of sulfone groups is 1. The molecule has 21 heteroatoms. The number of nitrogens with zero attached hydrogens (tertiary/aromatic N) is 5. The van der Waals surface area contributed by atoms with Gasteiger partial charge in [0, 0.05) is 71.9 Å². The summed E-state index contributed by atoms with van der Waals surface area (Å²) in [6.07, 6.45) is -1.45. The number of hydrogen-bond acceptors (Lipinski definition) is 16. The molecule has 79 heavy (non-hydrogen) atoms. The van der Waals surface area contributed by atoms with Gasteiger partial charge in [0.25, 0.3) is 0 Å². The lowest BCUT2D eigenvalue weighted by Crippen LogP contribution is -2.72. The number of amides is 2. The van der Waals surface area contributed by atoms with E-state index in [9.17, 15) is 36.0 Å². The Balaban J connectivity index is 0.000000229. The molecule has 0 radical (unpaired) electrons. The lowest BCUT2D eigenvalue weighted by atomic mass is 9.79. The summed E-state index contributed by atoms with van der Waals surface area (Å²) < 4.78 is 87.4. The minimum absolute atomic E-state index is 0.00670. The zero-order valence-electron chi connectivity index (χ0n) is 46.5. The van der Waals surface area contributed by atoms with Gasteiger partial charge in [0.05, 0.1) is 59.2 Å². The second kappa shape index (κ2) is 23.5. The fourth-order valence-electron chi connectivity index (χ4n) is 9.44. The number of carbonyl (C=O) groups excluding carboxylic acids is 4. The van der Waals surface area contributed by atoms with Crippen LogP contribution in [0.1, 0.15) is 76.9 Å². The zero-order valence-corrected chi connectivity index (χ0v) is 48.2. The summed E-state index contributed by atoms with van der Waals surface area (Å²) in [5.41, 5.74) is 1.98. The highest BCUT2D eigenvalue weighted by molar-refractivity contribution is 7.91. The van der Waals surface area contributed by atoms with Crippen molar-refractivity contribution >= 4 is 65.8 Å².